The predicted molar refractivity (Wildman–Crippen MR) is 96.2 cm³/mol. The van der Waals surface area contributed by atoms with Crippen molar-refractivity contribution in [2.75, 3.05) is 26.7 Å². The lowest BCUT2D eigenvalue weighted by Gasteiger charge is -2.25. The zero-order valence-electron chi connectivity index (χ0n) is 15.4. The van der Waals surface area contributed by atoms with Gasteiger partial charge < -0.3 is 19.5 Å². The summed E-state index contributed by atoms with van der Waals surface area (Å²) in [6, 6.07) is 3.81. The quantitative estimate of drug-likeness (QED) is 0.774. The van der Waals surface area contributed by atoms with Gasteiger partial charge >= 0.3 is 5.97 Å². The number of carbonyl (C=O) groups excluding carboxylic acids is 2. The highest BCUT2D eigenvalue weighted by molar-refractivity contribution is 6.00. The summed E-state index contributed by atoms with van der Waals surface area (Å²) < 4.78 is 10.4. The zero-order valence-corrected chi connectivity index (χ0v) is 15.4. The Hall–Kier alpha value is -2.54. The Morgan fingerprint density at radius 2 is 2.08 bits per heavy atom. The van der Waals surface area contributed by atoms with Crippen LogP contribution in [0, 0.1) is 13.8 Å². The second kappa shape index (κ2) is 7.78. The van der Waals surface area contributed by atoms with Crippen LogP contribution in [0.4, 0.5) is 0 Å². The molecule has 26 heavy (non-hydrogen) atoms. The molecule has 3 heterocycles. The standard InChI is InChI=1S/C19H25N3O4/c1-12-16(19(24)25-3)13(2)21-17(12)18(23)20-11-14(15-7-6-10-26-15)22-8-4-5-9-22/h6-7,10,14,21H,4-5,8-9,11H2,1-3H3,(H,20,23). The van der Waals surface area contributed by atoms with Gasteiger partial charge in [-0.05, 0) is 57.5 Å². The van der Waals surface area contributed by atoms with Gasteiger partial charge in [-0.1, -0.05) is 0 Å². The van der Waals surface area contributed by atoms with Crippen molar-refractivity contribution in [3.63, 3.8) is 0 Å². The highest BCUT2D eigenvalue weighted by Crippen LogP contribution is 2.25. The number of aromatic nitrogens is 1. The van der Waals surface area contributed by atoms with Crippen molar-refractivity contribution < 1.29 is 18.7 Å². The molecule has 0 spiro atoms. The van der Waals surface area contributed by atoms with E-state index in [0.29, 0.717) is 29.1 Å². The Kier molecular flexibility index (Phi) is 5.46. The lowest BCUT2D eigenvalue weighted by Crippen LogP contribution is -2.37. The SMILES string of the molecule is COC(=O)c1c(C)[nH]c(C(=O)NCC(c2ccco2)N2CCCC2)c1C. The molecule has 1 saturated heterocycles. The third-order valence-corrected chi connectivity index (χ3v) is 4.96. The van der Waals surface area contributed by atoms with Gasteiger partial charge in [0.15, 0.2) is 0 Å². The number of nitrogens with zero attached hydrogens (tertiary/aromatic N) is 1. The molecule has 7 heteroatoms. The number of hydrogen-bond donors (Lipinski definition) is 2. The van der Waals surface area contributed by atoms with Crippen molar-refractivity contribution >= 4 is 11.9 Å². The first kappa shape index (κ1) is 18.3. The van der Waals surface area contributed by atoms with Gasteiger partial charge in [-0.2, -0.15) is 0 Å². The number of carbonyl (C=O) groups is 2. The van der Waals surface area contributed by atoms with E-state index in [0.717, 1.165) is 31.7 Å². The first-order valence-electron chi connectivity index (χ1n) is 8.86. The summed E-state index contributed by atoms with van der Waals surface area (Å²) in [4.78, 5) is 29.9. The number of furan rings is 1. The van der Waals surface area contributed by atoms with E-state index < -0.39 is 5.97 Å². The summed E-state index contributed by atoms with van der Waals surface area (Å²) in [6.45, 7) is 5.93. The maximum atomic E-state index is 12.7. The van der Waals surface area contributed by atoms with E-state index in [4.69, 9.17) is 9.15 Å². The van der Waals surface area contributed by atoms with Crippen LogP contribution in [0.25, 0.3) is 0 Å². The lowest BCUT2D eigenvalue weighted by molar-refractivity contribution is 0.0599. The molecule has 1 fully saturated rings. The van der Waals surface area contributed by atoms with E-state index in [1.165, 1.54) is 7.11 Å². The van der Waals surface area contributed by atoms with Crippen LogP contribution in [-0.2, 0) is 4.74 Å². The van der Waals surface area contributed by atoms with Crippen LogP contribution in [0.2, 0.25) is 0 Å². The number of hydrogen-bond acceptors (Lipinski definition) is 5. The zero-order chi connectivity index (χ0) is 18.7. The number of aryl methyl sites for hydroxylation is 1. The third kappa shape index (κ3) is 3.53. The Morgan fingerprint density at radius 3 is 2.69 bits per heavy atom. The third-order valence-electron chi connectivity index (χ3n) is 4.96. The molecule has 0 radical (unpaired) electrons. The average Bonchev–Trinajstić information content (AvgIpc) is 3.37. The van der Waals surface area contributed by atoms with Gasteiger partial charge in [-0.15, -0.1) is 0 Å². The molecular weight excluding hydrogens is 334 g/mol. The van der Waals surface area contributed by atoms with Crippen LogP contribution >= 0.6 is 0 Å². The van der Waals surface area contributed by atoms with Crippen molar-refractivity contribution in [1.82, 2.24) is 15.2 Å². The van der Waals surface area contributed by atoms with E-state index in [1.807, 2.05) is 12.1 Å². The van der Waals surface area contributed by atoms with Gasteiger partial charge in [-0.3, -0.25) is 9.69 Å². The molecular formula is C19H25N3O4. The fraction of sp³-hybridized carbons (Fsp3) is 0.474. The van der Waals surface area contributed by atoms with Gasteiger partial charge in [-0.25, -0.2) is 4.79 Å². The number of likely N-dealkylation sites (tertiary alicyclic amines) is 1. The van der Waals surface area contributed by atoms with E-state index >= 15 is 0 Å². The number of H-pyrrole nitrogens is 1. The largest absolute Gasteiger partial charge is 0.468 e. The van der Waals surface area contributed by atoms with E-state index in [9.17, 15) is 9.59 Å². The maximum Gasteiger partial charge on any atom is 0.339 e. The molecule has 1 aliphatic rings. The molecule has 0 aromatic carbocycles. The number of amides is 1. The van der Waals surface area contributed by atoms with Crippen molar-refractivity contribution in [3.8, 4) is 0 Å². The van der Waals surface area contributed by atoms with Crippen molar-refractivity contribution in [1.29, 1.82) is 0 Å². The summed E-state index contributed by atoms with van der Waals surface area (Å²) in [6.07, 6.45) is 3.96. The topological polar surface area (TPSA) is 87.6 Å². The molecule has 0 bridgehead atoms. The van der Waals surface area contributed by atoms with Crippen LogP contribution in [0.3, 0.4) is 0 Å². The molecule has 2 aromatic rings. The van der Waals surface area contributed by atoms with Gasteiger partial charge in [0.05, 0.1) is 25.0 Å². The molecule has 2 aromatic heterocycles. The second-order valence-electron chi connectivity index (χ2n) is 6.60. The van der Waals surface area contributed by atoms with Gasteiger partial charge in [0.25, 0.3) is 5.91 Å². The van der Waals surface area contributed by atoms with Crippen molar-refractivity contribution in [3.05, 3.63) is 46.7 Å². The summed E-state index contributed by atoms with van der Waals surface area (Å²) in [5.74, 6) is 0.166. The van der Waals surface area contributed by atoms with Crippen LogP contribution in [0.1, 0.15) is 56.7 Å². The first-order valence-corrected chi connectivity index (χ1v) is 8.86. The lowest BCUT2D eigenvalue weighted by atomic mass is 10.1. The minimum absolute atomic E-state index is 0.00731. The van der Waals surface area contributed by atoms with Gasteiger partial charge in [0, 0.05) is 12.2 Å². The second-order valence-corrected chi connectivity index (χ2v) is 6.60. The Bertz CT molecular complexity index is 773. The summed E-state index contributed by atoms with van der Waals surface area (Å²) >= 11 is 0. The van der Waals surface area contributed by atoms with E-state index in [-0.39, 0.29) is 11.9 Å². The van der Waals surface area contributed by atoms with E-state index in [2.05, 4.69) is 15.2 Å². The first-order chi connectivity index (χ1) is 12.5. The normalized spacial score (nSPS) is 15.8. The Labute approximate surface area is 152 Å². The summed E-state index contributed by atoms with van der Waals surface area (Å²) in [7, 11) is 1.33. The maximum absolute atomic E-state index is 12.7. The molecule has 2 N–H and O–H groups in total. The van der Waals surface area contributed by atoms with Crippen molar-refractivity contribution in [2.24, 2.45) is 0 Å². The number of methoxy groups -OCH3 is 1. The average molecular weight is 359 g/mol. The monoisotopic (exact) mass is 359 g/mol. The molecule has 0 aliphatic carbocycles. The fourth-order valence-electron chi connectivity index (χ4n) is 3.61. The number of ether oxygens (including phenoxy) is 1. The predicted octanol–water partition coefficient (Wildman–Crippen LogP) is 2.58. The molecule has 1 aliphatic heterocycles. The Balaban J connectivity index is 1.74. The fourth-order valence-corrected chi connectivity index (χ4v) is 3.61. The molecule has 1 atom stereocenters. The number of esters is 1. The minimum atomic E-state index is -0.444. The van der Waals surface area contributed by atoms with Gasteiger partial charge in [0.2, 0.25) is 0 Å². The van der Waals surface area contributed by atoms with Crippen LogP contribution in [0.15, 0.2) is 22.8 Å². The molecule has 1 amide bonds. The molecule has 7 nitrogen and oxygen atoms in total. The highest BCUT2D eigenvalue weighted by atomic mass is 16.5. The highest BCUT2D eigenvalue weighted by Gasteiger charge is 2.27. The molecule has 140 valence electrons. The molecule has 1 unspecified atom stereocenters. The Morgan fingerprint density at radius 1 is 1.35 bits per heavy atom. The van der Waals surface area contributed by atoms with Crippen LogP contribution < -0.4 is 5.32 Å². The number of rotatable bonds is 6. The minimum Gasteiger partial charge on any atom is -0.468 e. The van der Waals surface area contributed by atoms with Crippen molar-refractivity contribution in [2.45, 2.75) is 32.7 Å². The van der Waals surface area contributed by atoms with Crippen LogP contribution in [0.5, 0.6) is 0 Å². The number of aromatic amines is 1. The van der Waals surface area contributed by atoms with Crippen LogP contribution in [-0.4, -0.2) is 48.5 Å². The van der Waals surface area contributed by atoms with E-state index in [1.54, 1.807) is 20.1 Å². The molecule has 3 rings (SSSR count). The van der Waals surface area contributed by atoms with Gasteiger partial charge in [0.1, 0.15) is 11.5 Å². The smallest absolute Gasteiger partial charge is 0.339 e. The summed E-state index contributed by atoms with van der Waals surface area (Å²) in [5.41, 5.74) is 2.03. The molecule has 0 saturated carbocycles. The number of nitrogens with one attached hydrogen (secondary N) is 2. The summed E-state index contributed by atoms with van der Waals surface area (Å²) in [5, 5.41) is 2.98.